The number of hydrogen-bond acceptors (Lipinski definition) is 3. The highest BCUT2D eigenvalue weighted by Crippen LogP contribution is 2.23. The molecule has 2 rings (SSSR count). The van der Waals surface area contributed by atoms with E-state index in [0.29, 0.717) is 0 Å². The number of nitrogens with zero attached hydrogens (tertiary/aromatic N) is 2. The van der Waals surface area contributed by atoms with Crippen molar-refractivity contribution in [2.45, 2.75) is 26.3 Å². The molecule has 1 aromatic heterocycles. The highest BCUT2D eigenvalue weighted by Gasteiger charge is 2.32. The van der Waals surface area contributed by atoms with Crippen molar-refractivity contribution < 1.29 is 27.2 Å². The molecule has 150 valence electrons. The Bertz CT molecular complexity index is 964. The van der Waals surface area contributed by atoms with Crippen molar-refractivity contribution in [3.63, 3.8) is 0 Å². The fraction of sp³-hybridized carbons (Fsp3) is 0.235. The molecule has 1 aromatic carbocycles. The van der Waals surface area contributed by atoms with Crippen LogP contribution in [0, 0.1) is 23.3 Å². The van der Waals surface area contributed by atoms with Crippen LogP contribution < -0.4 is 5.43 Å². The minimum absolute atomic E-state index is 0.0206. The molecule has 1 N–H and O–H groups in total. The summed E-state index contributed by atoms with van der Waals surface area (Å²) in [6, 6.07) is 2.72. The van der Waals surface area contributed by atoms with Crippen LogP contribution in [0.5, 0.6) is 0 Å². The van der Waals surface area contributed by atoms with Crippen molar-refractivity contribution in [1.29, 1.82) is 0 Å². The molecular formula is C17H13Cl2F4N3O2. The van der Waals surface area contributed by atoms with Gasteiger partial charge in [-0.1, -0.05) is 23.2 Å². The predicted molar refractivity (Wildman–Crippen MR) is 93.9 cm³/mol. The molecule has 0 spiro atoms. The van der Waals surface area contributed by atoms with Crippen molar-refractivity contribution in [3.8, 4) is 0 Å². The van der Waals surface area contributed by atoms with Gasteiger partial charge in [-0.15, -0.1) is 0 Å². The second-order valence-electron chi connectivity index (χ2n) is 6.57. The van der Waals surface area contributed by atoms with Crippen LogP contribution in [0.15, 0.2) is 18.2 Å². The average Bonchev–Trinajstić information content (AvgIpc) is 2.59. The summed E-state index contributed by atoms with van der Waals surface area (Å²) < 4.78 is 53.8. The first-order chi connectivity index (χ1) is 12.8. The molecule has 11 heteroatoms. The van der Waals surface area contributed by atoms with Gasteiger partial charge in [0, 0.05) is 0 Å². The molecule has 2 amide bonds. The van der Waals surface area contributed by atoms with Crippen LogP contribution in [-0.2, 0) is 0 Å². The first-order valence-electron chi connectivity index (χ1n) is 7.65. The summed E-state index contributed by atoms with van der Waals surface area (Å²) in [6.07, 6.45) is 0. The van der Waals surface area contributed by atoms with Gasteiger partial charge in [-0.2, -0.15) is 0 Å². The number of hydrazine groups is 1. The van der Waals surface area contributed by atoms with Crippen LogP contribution in [0.4, 0.5) is 17.6 Å². The van der Waals surface area contributed by atoms with E-state index in [4.69, 9.17) is 23.2 Å². The van der Waals surface area contributed by atoms with Crippen LogP contribution in [0.25, 0.3) is 0 Å². The van der Waals surface area contributed by atoms with Crippen LogP contribution in [0.3, 0.4) is 0 Å². The highest BCUT2D eigenvalue weighted by molar-refractivity contribution is 6.34. The smallest absolute Gasteiger partial charge is 0.267 e. The van der Waals surface area contributed by atoms with Gasteiger partial charge in [0.05, 0.1) is 16.7 Å². The maximum atomic E-state index is 13.9. The lowest BCUT2D eigenvalue weighted by atomic mass is 10.1. The second-order valence-corrected chi connectivity index (χ2v) is 7.32. The van der Waals surface area contributed by atoms with Crippen LogP contribution in [0.1, 0.15) is 41.5 Å². The third kappa shape index (κ3) is 4.36. The summed E-state index contributed by atoms with van der Waals surface area (Å²) in [5, 5.41) is 0.531. The summed E-state index contributed by atoms with van der Waals surface area (Å²) in [5.41, 5.74) is -0.289. The summed E-state index contributed by atoms with van der Waals surface area (Å²) in [6.45, 7) is 4.56. The van der Waals surface area contributed by atoms with E-state index in [1.165, 1.54) is 32.9 Å². The van der Waals surface area contributed by atoms with Gasteiger partial charge in [0.2, 0.25) is 0 Å². The van der Waals surface area contributed by atoms with Crippen LogP contribution >= 0.6 is 23.2 Å². The summed E-state index contributed by atoms with van der Waals surface area (Å²) >= 11 is 11.6. The van der Waals surface area contributed by atoms with E-state index in [1.807, 2.05) is 0 Å². The van der Waals surface area contributed by atoms with Gasteiger partial charge < -0.3 is 0 Å². The Morgan fingerprint density at radius 1 is 1.00 bits per heavy atom. The Morgan fingerprint density at radius 3 is 2.14 bits per heavy atom. The molecule has 0 saturated heterocycles. The number of pyridine rings is 1. The van der Waals surface area contributed by atoms with E-state index in [0.717, 1.165) is 5.01 Å². The summed E-state index contributed by atoms with van der Waals surface area (Å²) in [5.74, 6) is -10.1. The van der Waals surface area contributed by atoms with Gasteiger partial charge in [0.25, 0.3) is 11.8 Å². The number of halogens is 6. The molecule has 0 aliphatic rings. The monoisotopic (exact) mass is 437 g/mol. The van der Waals surface area contributed by atoms with Gasteiger partial charge in [0.15, 0.2) is 23.3 Å². The molecule has 0 bridgehead atoms. The van der Waals surface area contributed by atoms with Crippen molar-refractivity contribution in [3.05, 3.63) is 62.9 Å². The third-order valence-corrected chi connectivity index (χ3v) is 3.98. The summed E-state index contributed by atoms with van der Waals surface area (Å²) in [4.78, 5) is 28.9. The Morgan fingerprint density at radius 2 is 1.61 bits per heavy atom. The zero-order valence-corrected chi connectivity index (χ0v) is 16.2. The number of carbonyl (C=O) groups excluding carboxylic acids is 2. The fourth-order valence-electron chi connectivity index (χ4n) is 2.12. The number of benzene rings is 1. The van der Waals surface area contributed by atoms with E-state index >= 15 is 0 Å². The van der Waals surface area contributed by atoms with Gasteiger partial charge in [-0.05, 0) is 39.0 Å². The molecule has 5 nitrogen and oxygen atoms in total. The SMILES string of the molecule is CC(C)(C)N(NC(=O)c1cc(F)c(F)c(F)c1F)C(=O)c1ccc(Cl)nc1Cl. The first kappa shape index (κ1) is 21.9. The van der Waals surface area contributed by atoms with Crippen LogP contribution in [-0.4, -0.2) is 27.3 Å². The standard InChI is InChI=1S/C17H13Cl2F4N3O2/c1-17(2,3)26(16(28)7-4-5-10(18)24-14(7)19)25-15(27)8-6-9(20)12(22)13(23)11(8)21/h4-6H,1-3H3,(H,25,27). The molecule has 0 fully saturated rings. The molecule has 0 saturated carbocycles. The lowest BCUT2D eigenvalue weighted by molar-refractivity contribution is 0.0356. The molecule has 0 atom stereocenters. The van der Waals surface area contributed by atoms with E-state index < -0.39 is 46.2 Å². The number of nitrogens with one attached hydrogen (secondary N) is 1. The molecule has 2 aromatic rings. The number of amides is 2. The largest absolute Gasteiger partial charge is 0.275 e. The topological polar surface area (TPSA) is 62.3 Å². The van der Waals surface area contributed by atoms with Crippen molar-refractivity contribution in [2.24, 2.45) is 0 Å². The van der Waals surface area contributed by atoms with Crippen molar-refractivity contribution in [2.75, 3.05) is 0 Å². The first-order valence-corrected chi connectivity index (χ1v) is 8.40. The Hall–Kier alpha value is -2.39. The van der Waals surface area contributed by atoms with Crippen LogP contribution in [0.2, 0.25) is 10.3 Å². The van der Waals surface area contributed by atoms with Gasteiger partial charge in [-0.3, -0.25) is 15.0 Å². The Kier molecular flexibility index (Phi) is 6.20. The van der Waals surface area contributed by atoms with Gasteiger partial charge in [-0.25, -0.2) is 27.6 Å². The maximum Gasteiger partial charge on any atom is 0.275 e. The summed E-state index contributed by atoms with van der Waals surface area (Å²) in [7, 11) is 0. The molecule has 0 aliphatic heterocycles. The molecule has 0 unspecified atom stereocenters. The van der Waals surface area contributed by atoms with Gasteiger partial charge in [0.1, 0.15) is 10.3 Å². The Labute approximate surface area is 167 Å². The number of carbonyl (C=O) groups is 2. The van der Waals surface area contributed by atoms with Gasteiger partial charge >= 0.3 is 0 Å². The van der Waals surface area contributed by atoms with E-state index in [-0.39, 0.29) is 21.9 Å². The fourth-order valence-corrected chi connectivity index (χ4v) is 2.54. The van der Waals surface area contributed by atoms with E-state index in [2.05, 4.69) is 10.4 Å². The maximum absolute atomic E-state index is 13.9. The molecule has 0 aliphatic carbocycles. The number of rotatable bonds is 2. The van der Waals surface area contributed by atoms with E-state index in [9.17, 15) is 27.2 Å². The minimum Gasteiger partial charge on any atom is -0.267 e. The average molecular weight is 438 g/mol. The molecule has 1 heterocycles. The minimum atomic E-state index is -2.15. The number of hydrogen-bond donors (Lipinski definition) is 1. The highest BCUT2D eigenvalue weighted by atomic mass is 35.5. The lowest BCUT2D eigenvalue weighted by Gasteiger charge is -2.35. The second kappa shape index (κ2) is 7.92. The van der Waals surface area contributed by atoms with Crippen molar-refractivity contribution >= 4 is 35.0 Å². The Balaban J connectivity index is 2.43. The lowest BCUT2D eigenvalue weighted by Crippen LogP contribution is -2.56. The predicted octanol–water partition coefficient (Wildman–Crippen LogP) is 4.53. The molecular weight excluding hydrogens is 425 g/mol. The third-order valence-electron chi connectivity index (χ3n) is 3.48. The van der Waals surface area contributed by atoms with Crippen molar-refractivity contribution in [1.82, 2.24) is 15.4 Å². The number of aromatic nitrogens is 1. The molecule has 0 radical (unpaired) electrons. The molecule has 28 heavy (non-hydrogen) atoms. The zero-order chi connectivity index (χ0) is 21.4. The normalized spacial score (nSPS) is 11.3. The quantitative estimate of drug-likeness (QED) is 0.247. The van der Waals surface area contributed by atoms with E-state index in [1.54, 1.807) is 0 Å². The zero-order valence-electron chi connectivity index (χ0n) is 14.7.